The number of hydrogen-bond acceptors (Lipinski definition) is 4. The number of nitrogens with one attached hydrogen (secondary N) is 1. The van der Waals surface area contributed by atoms with Crippen LogP contribution in [-0.2, 0) is 0 Å². The predicted molar refractivity (Wildman–Crippen MR) is 76.5 cm³/mol. The monoisotopic (exact) mass is 264 g/mol. The first kappa shape index (κ1) is 14.1. The van der Waals surface area contributed by atoms with E-state index in [-0.39, 0.29) is 6.61 Å². The number of nitrogens with zero attached hydrogens (tertiary/aromatic N) is 1. The van der Waals surface area contributed by atoms with Gasteiger partial charge in [-0.15, -0.1) is 0 Å². The SMILES string of the molecule is CCCOc1cccnc1NC1CCCCC1CO. The minimum absolute atomic E-state index is 0.246. The molecule has 0 aliphatic heterocycles. The second kappa shape index (κ2) is 7.34. The molecule has 1 aliphatic carbocycles. The highest BCUT2D eigenvalue weighted by molar-refractivity contribution is 5.50. The molecule has 0 bridgehead atoms. The molecular weight excluding hydrogens is 240 g/mol. The third-order valence-corrected chi connectivity index (χ3v) is 3.70. The maximum Gasteiger partial charge on any atom is 0.168 e. The molecular formula is C15H24N2O2. The number of aliphatic hydroxyl groups is 1. The standard InChI is InChI=1S/C15H24N2O2/c1-2-10-19-14-8-5-9-16-15(14)17-13-7-4-3-6-12(13)11-18/h5,8-9,12-13,18H,2-4,6-7,10-11H2,1H3,(H,16,17). The number of aromatic nitrogens is 1. The van der Waals surface area contributed by atoms with Gasteiger partial charge in [-0.3, -0.25) is 0 Å². The molecule has 19 heavy (non-hydrogen) atoms. The quantitative estimate of drug-likeness (QED) is 0.829. The van der Waals surface area contributed by atoms with E-state index in [4.69, 9.17) is 4.74 Å². The highest BCUT2D eigenvalue weighted by Gasteiger charge is 2.25. The Morgan fingerprint density at radius 1 is 1.42 bits per heavy atom. The van der Waals surface area contributed by atoms with Gasteiger partial charge in [0.1, 0.15) is 0 Å². The van der Waals surface area contributed by atoms with E-state index in [1.165, 1.54) is 12.8 Å². The Balaban J connectivity index is 2.04. The van der Waals surface area contributed by atoms with Crippen LogP contribution in [0.4, 0.5) is 5.82 Å². The first-order chi connectivity index (χ1) is 9.35. The van der Waals surface area contributed by atoms with Crippen LogP contribution in [0, 0.1) is 5.92 Å². The third kappa shape index (κ3) is 3.83. The number of pyridine rings is 1. The van der Waals surface area contributed by atoms with E-state index < -0.39 is 0 Å². The van der Waals surface area contributed by atoms with Crippen molar-refractivity contribution in [3.63, 3.8) is 0 Å². The fourth-order valence-electron chi connectivity index (χ4n) is 2.62. The summed E-state index contributed by atoms with van der Waals surface area (Å²) < 4.78 is 5.71. The molecule has 106 valence electrons. The molecule has 0 radical (unpaired) electrons. The van der Waals surface area contributed by atoms with E-state index in [1.54, 1.807) is 6.20 Å². The summed E-state index contributed by atoms with van der Waals surface area (Å²) in [5, 5.41) is 12.9. The topological polar surface area (TPSA) is 54.4 Å². The summed E-state index contributed by atoms with van der Waals surface area (Å²) in [5.74, 6) is 1.95. The van der Waals surface area contributed by atoms with Crippen LogP contribution in [0.3, 0.4) is 0 Å². The molecule has 1 aromatic rings. The van der Waals surface area contributed by atoms with Crippen molar-refractivity contribution in [2.45, 2.75) is 45.1 Å². The zero-order valence-electron chi connectivity index (χ0n) is 11.6. The summed E-state index contributed by atoms with van der Waals surface area (Å²) in [6, 6.07) is 4.14. The Labute approximate surface area is 115 Å². The summed E-state index contributed by atoms with van der Waals surface area (Å²) >= 11 is 0. The van der Waals surface area contributed by atoms with E-state index in [1.807, 2.05) is 12.1 Å². The Hall–Kier alpha value is -1.29. The van der Waals surface area contributed by atoms with Gasteiger partial charge in [0.2, 0.25) is 0 Å². The van der Waals surface area contributed by atoms with Crippen molar-refractivity contribution in [3.8, 4) is 5.75 Å². The van der Waals surface area contributed by atoms with Crippen molar-refractivity contribution in [2.24, 2.45) is 5.92 Å². The Bertz CT molecular complexity index is 384. The van der Waals surface area contributed by atoms with Gasteiger partial charge < -0.3 is 15.2 Å². The highest BCUT2D eigenvalue weighted by Crippen LogP contribution is 2.29. The fourth-order valence-corrected chi connectivity index (χ4v) is 2.62. The third-order valence-electron chi connectivity index (χ3n) is 3.70. The Kier molecular flexibility index (Phi) is 5.45. The molecule has 2 rings (SSSR count). The summed E-state index contributed by atoms with van der Waals surface area (Å²) in [6.07, 6.45) is 7.37. The van der Waals surface area contributed by atoms with Crippen molar-refractivity contribution in [1.29, 1.82) is 0 Å². The lowest BCUT2D eigenvalue weighted by Crippen LogP contribution is -2.34. The lowest BCUT2D eigenvalue weighted by atomic mass is 9.85. The molecule has 0 amide bonds. The van der Waals surface area contributed by atoms with Gasteiger partial charge in [-0.2, -0.15) is 0 Å². The van der Waals surface area contributed by atoms with Crippen LogP contribution in [0.15, 0.2) is 18.3 Å². The lowest BCUT2D eigenvalue weighted by Gasteiger charge is -2.31. The van der Waals surface area contributed by atoms with Crippen LogP contribution in [0.5, 0.6) is 5.75 Å². The van der Waals surface area contributed by atoms with Crippen LogP contribution in [0.1, 0.15) is 39.0 Å². The fraction of sp³-hybridized carbons (Fsp3) is 0.667. The average Bonchev–Trinajstić information content (AvgIpc) is 2.47. The number of hydrogen-bond donors (Lipinski definition) is 2. The van der Waals surface area contributed by atoms with Gasteiger partial charge >= 0.3 is 0 Å². The van der Waals surface area contributed by atoms with Gasteiger partial charge in [0.15, 0.2) is 11.6 Å². The molecule has 1 aromatic heterocycles. The van der Waals surface area contributed by atoms with Crippen LogP contribution >= 0.6 is 0 Å². The molecule has 4 nitrogen and oxygen atoms in total. The van der Waals surface area contributed by atoms with E-state index in [2.05, 4.69) is 17.2 Å². The molecule has 1 aliphatic rings. The molecule has 1 fully saturated rings. The number of rotatable bonds is 6. The zero-order chi connectivity index (χ0) is 13.5. The molecule has 1 heterocycles. The number of ether oxygens (including phenoxy) is 1. The normalized spacial score (nSPS) is 23.1. The largest absolute Gasteiger partial charge is 0.490 e. The van der Waals surface area contributed by atoms with E-state index in [9.17, 15) is 5.11 Å². The first-order valence-corrected chi connectivity index (χ1v) is 7.30. The molecule has 0 spiro atoms. The van der Waals surface area contributed by atoms with Crippen LogP contribution in [0.2, 0.25) is 0 Å². The maximum atomic E-state index is 9.46. The van der Waals surface area contributed by atoms with Gasteiger partial charge in [-0.1, -0.05) is 19.8 Å². The van der Waals surface area contributed by atoms with E-state index in [0.717, 1.165) is 30.8 Å². The molecule has 1 saturated carbocycles. The summed E-state index contributed by atoms with van der Waals surface area (Å²) in [7, 11) is 0. The minimum atomic E-state index is 0.246. The minimum Gasteiger partial charge on any atom is -0.490 e. The van der Waals surface area contributed by atoms with Gasteiger partial charge in [0.05, 0.1) is 6.61 Å². The van der Waals surface area contributed by atoms with Crippen molar-refractivity contribution in [2.75, 3.05) is 18.5 Å². The van der Waals surface area contributed by atoms with Crippen molar-refractivity contribution in [3.05, 3.63) is 18.3 Å². The van der Waals surface area contributed by atoms with Crippen molar-refractivity contribution < 1.29 is 9.84 Å². The zero-order valence-corrected chi connectivity index (χ0v) is 11.6. The molecule has 2 unspecified atom stereocenters. The molecule has 0 saturated heterocycles. The van der Waals surface area contributed by atoms with Crippen LogP contribution in [0.25, 0.3) is 0 Å². The number of anilines is 1. The van der Waals surface area contributed by atoms with Crippen molar-refractivity contribution in [1.82, 2.24) is 4.98 Å². The summed E-state index contributed by atoms with van der Waals surface area (Å²) in [6.45, 7) is 3.04. The smallest absolute Gasteiger partial charge is 0.168 e. The molecule has 0 aromatic carbocycles. The maximum absolute atomic E-state index is 9.46. The number of aliphatic hydroxyl groups excluding tert-OH is 1. The van der Waals surface area contributed by atoms with Crippen molar-refractivity contribution >= 4 is 5.82 Å². The van der Waals surface area contributed by atoms with Gasteiger partial charge in [0.25, 0.3) is 0 Å². The second-order valence-electron chi connectivity index (χ2n) is 5.18. The molecule has 2 atom stereocenters. The second-order valence-corrected chi connectivity index (χ2v) is 5.18. The Morgan fingerprint density at radius 3 is 3.05 bits per heavy atom. The Morgan fingerprint density at radius 2 is 2.26 bits per heavy atom. The predicted octanol–water partition coefficient (Wildman–Crippen LogP) is 2.83. The highest BCUT2D eigenvalue weighted by atomic mass is 16.5. The average molecular weight is 264 g/mol. The van der Waals surface area contributed by atoms with E-state index in [0.29, 0.717) is 18.6 Å². The molecule has 4 heteroatoms. The van der Waals surface area contributed by atoms with Crippen LogP contribution in [-0.4, -0.2) is 29.3 Å². The lowest BCUT2D eigenvalue weighted by molar-refractivity contribution is 0.177. The summed E-state index contributed by atoms with van der Waals surface area (Å²) in [5.41, 5.74) is 0. The first-order valence-electron chi connectivity index (χ1n) is 7.30. The molecule has 2 N–H and O–H groups in total. The van der Waals surface area contributed by atoms with Gasteiger partial charge in [0, 0.05) is 24.8 Å². The van der Waals surface area contributed by atoms with E-state index >= 15 is 0 Å². The van der Waals surface area contributed by atoms with Gasteiger partial charge in [-0.25, -0.2) is 4.98 Å². The van der Waals surface area contributed by atoms with Crippen LogP contribution < -0.4 is 10.1 Å². The van der Waals surface area contributed by atoms with Gasteiger partial charge in [-0.05, 0) is 31.4 Å². The summed E-state index contributed by atoms with van der Waals surface area (Å²) in [4.78, 5) is 4.38.